The molecule has 6 nitrogen and oxygen atoms in total. The maximum Gasteiger partial charge on any atom is 0.277 e. The Labute approximate surface area is 147 Å². The van der Waals surface area contributed by atoms with E-state index in [9.17, 15) is 21.6 Å². The summed E-state index contributed by atoms with van der Waals surface area (Å²) in [5.74, 6) is -0.225. The van der Waals surface area contributed by atoms with Crippen LogP contribution in [0.1, 0.15) is 22.8 Å². The molecule has 0 radical (unpaired) electrons. The highest BCUT2D eigenvalue weighted by molar-refractivity contribution is 8.04. The van der Waals surface area contributed by atoms with Gasteiger partial charge in [-0.2, -0.15) is 3.71 Å². The molecule has 0 spiro atoms. The molecule has 132 valence electrons. The van der Waals surface area contributed by atoms with Gasteiger partial charge in [0, 0.05) is 11.8 Å². The number of carbonyl (C=O) groups is 1. The van der Waals surface area contributed by atoms with E-state index in [0.717, 1.165) is 11.8 Å². The predicted molar refractivity (Wildman–Crippen MR) is 94.0 cm³/mol. The third-order valence-corrected chi connectivity index (χ3v) is 7.66. The number of hydrogen-bond acceptors (Lipinski definition) is 5. The normalized spacial score (nSPS) is 11.8. The van der Waals surface area contributed by atoms with E-state index < -0.39 is 20.0 Å². The van der Waals surface area contributed by atoms with Crippen LogP contribution >= 0.6 is 0 Å². The van der Waals surface area contributed by atoms with Crippen LogP contribution in [0, 0.1) is 6.92 Å². The van der Waals surface area contributed by atoms with Crippen LogP contribution in [-0.2, 0) is 20.0 Å². The molecule has 2 aromatic carbocycles. The number of sulfonamides is 2. The number of rotatable bonds is 6. The maximum absolute atomic E-state index is 12.7. The third-order valence-electron chi connectivity index (χ3n) is 3.50. The minimum atomic E-state index is -4.39. The topological polar surface area (TPSA) is 88.6 Å². The molecule has 0 aliphatic heterocycles. The van der Waals surface area contributed by atoms with Crippen molar-refractivity contribution in [3.05, 3.63) is 72.4 Å². The summed E-state index contributed by atoms with van der Waals surface area (Å²) in [5, 5.41) is 0. The lowest BCUT2D eigenvalue weighted by atomic mass is 10.2. The Morgan fingerprint density at radius 3 is 1.64 bits per heavy atom. The first-order valence-electron chi connectivity index (χ1n) is 7.20. The third kappa shape index (κ3) is 3.64. The fourth-order valence-electron chi connectivity index (χ4n) is 2.11. The molecule has 0 aliphatic carbocycles. The van der Waals surface area contributed by atoms with Gasteiger partial charge >= 0.3 is 0 Å². The van der Waals surface area contributed by atoms with Crippen molar-refractivity contribution in [2.75, 3.05) is 0 Å². The minimum Gasteiger partial charge on any atom is -0.295 e. The molecule has 0 unspecified atom stereocenters. The Morgan fingerprint density at radius 1 is 0.880 bits per heavy atom. The van der Waals surface area contributed by atoms with E-state index in [0.29, 0.717) is 5.56 Å². The molecule has 0 aliphatic rings. The van der Waals surface area contributed by atoms with Crippen LogP contribution in [0.4, 0.5) is 0 Å². The fraction of sp³-hybridized carbons (Fsp3) is 0.118. The zero-order valence-electron chi connectivity index (χ0n) is 13.7. The summed E-state index contributed by atoms with van der Waals surface area (Å²) in [6, 6.07) is 10.8. The average molecular weight is 379 g/mol. The lowest BCUT2D eigenvalue weighted by molar-refractivity contribution is 0.101. The lowest BCUT2D eigenvalue weighted by Gasteiger charge is -2.20. The first kappa shape index (κ1) is 18.9. The summed E-state index contributed by atoms with van der Waals surface area (Å²) in [6.45, 7) is 6.46. The smallest absolute Gasteiger partial charge is 0.277 e. The van der Waals surface area contributed by atoms with Crippen LogP contribution in [0.25, 0.3) is 0 Å². The summed E-state index contributed by atoms with van der Waals surface area (Å²) in [6.07, 6.45) is 0.739. The zero-order valence-corrected chi connectivity index (χ0v) is 15.3. The summed E-state index contributed by atoms with van der Waals surface area (Å²) in [7, 11) is -8.73. The Bertz CT molecular complexity index is 1010. The Morgan fingerprint density at radius 2 is 1.28 bits per heavy atom. The molecule has 0 fully saturated rings. The second-order valence-electron chi connectivity index (χ2n) is 5.31. The number of benzene rings is 2. The second kappa shape index (κ2) is 6.81. The van der Waals surface area contributed by atoms with Crippen molar-refractivity contribution in [1.29, 1.82) is 0 Å². The van der Waals surface area contributed by atoms with Crippen molar-refractivity contribution < 1.29 is 21.6 Å². The zero-order chi connectivity index (χ0) is 18.8. The van der Waals surface area contributed by atoms with Crippen LogP contribution in [0.15, 0.2) is 71.1 Å². The number of aryl methyl sites for hydroxylation is 1. The number of Topliss-reactive ketones (excluding diaryl/α,β-unsaturated/α-hetero) is 1. The van der Waals surface area contributed by atoms with E-state index in [2.05, 4.69) is 6.58 Å². The van der Waals surface area contributed by atoms with Crippen molar-refractivity contribution >= 4 is 25.8 Å². The van der Waals surface area contributed by atoms with E-state index >= 15 is 0 Å². The average Bonchev–Trinajstić information content (AvgIpc) is 2.55. The lowest BCUT2D eigenvalue weighted by Crippen LogP contribution is -2.32. The van der Waals surface area contributed by atoms with E-state index in [1.807, 2.05) is 0 Å². The van der Waals surface area contributed by atoms with E-state index in [4.69, 9.17) is 0 Å². The van der Waals surface area contributed by atoms with Crippen molar-refractivity contribution in [3.8, 4) is 0 Å². The van der Waals surface area contributed by atoms with Crippen LogP contribution in [-0.4, -0.2) is 26.3 Å². The molecule has 0 saturated carbocycles. The van der Waals surface area contributed by atoms with Gasteiger partial charge in [-0.05, 0) is 38.1 Å². The molecule has 0 bridgehead atoms. The maximum atomic E-state index is 12.7. The molecule has 0 saturated heterocycles. The predicted octanol–water partition coefficient (Wildman–Crippen LogP) is 2.72. The van der Waals surface area contributed by atoms with Crippen LogP contribution in [0.5, 0.6) is 0 Å². The fourth-order valence-corrected chi connectivity index (χ4v) is 5.42. The summed E-state index contributed by atoms with van der Waals surface area (Å²) < 4.78 is 51.1. The minimum absolute atomic E-state index is 0.165. The van der Waals surface area contributed by atoms with Crippen molar-refractivity contribution in [1.82, 2.24) is 3.71 Å². The summed E-state index contributed by atoms with van der Waals surface area (Å²) in [4.78, 5) is 10.9. The Balaban J connectivity index is 2.52. The molecule has 25 heavy (non-hydrogen) atoms. The molecule has 2 aromatic rings. The van der Waals surface area contributed by atoms with Crippen LogP contribution in [0.3, 0.4) is 0 Å². The van der Waals surface area contributed by atoms with Crippen LogP contribution < -0.4 is 0 Å². The molecule has 8 heteroatoms. The Kier molecular flexibility index (Phi) is 5.15. The van der Waals surface area contributed by atoms with Gasteiger partial charge in [0.05, 0.1) is 9.79 Å². The van der Waals surface area contributed by atoms with Gasteiger partial charge in [-0.25, -0.2) is 16.8 Å². The van der Waals surface area contributed by atoms with Gasteiger partial charge in [-0.1, -0.05) is 36.4 Å². The number of hydrogen-bond donors (Lipinski definition) is 0. The molecule has 0 heterocycles. The van der Waals surface area contributed by atoms with Crippen molar-refractivity contribution in [3.63, 3.8) is 0 Å². The first-order valence-corrected chi connectivity index (χ1v) is 10.1. The van der Waals surface area contributed by atoms with Gasteiger partial charge in [-0.3, -0.25) is 4.79 Å². The van der Waals surface area contributed by atoms with Crippen LogP contribution in [0.2, 0.25) is 0 Å². The highest BCUT2D eigenvalue weighted by Gasteiger charge is 2.33. The highest BCUT2D eigenvalue weighted by Crippen LogP contribution is 2.25. The quantitative estimate of drug-likeness (QED) is 0.720. The number of carbonyl (C=O) groups excluding carboxylic acids is 1. The second-order valence-corrected chi connectivity index (χ2v) is 9.17. The van der Waals surface area contributed by atoms with Gasteiger partial charge in [0.25, 0.3) is 20.0 Å². The standard InChI is InChI=1S/C17H17NO5S2/c1-4-18(24(20,21)16-9-5-13(2)6-10-16)25(22,23)17-11-7-15(8-12-17)14(3)19/h4-12H,1H2,2-3H3. The molecular formula is C17H17NO5S2. The van der Waals surface area contributed by atoms with E-state index in [1.165, 1.54) is 43.3 Å². The summed E-state index contributed by atoms with van der Waals surface area (Å²) in [5.41, 5.74) is 1.16. The number of nitrogens with zero attached hydrogens (tertiary/aromatic N) is 1. The monoisotopic (exact) mass is 379 g/mol. The molecule has 0 N–H and O–H groups in total. The molecule has 2 rings (SSSR count). The van der Waals surface area contributed by atoms with Crippen molar-refractivity contribution in [2.24, 2.45) is 0 Å². The largest absolute Gasteiger partial charge is 0.295 e. The van der Waals surface area contributed by atoms with Gasteiger partial charge in [0.1, 0.15) is 0 Å². The molecule has 0 amide bonds. The number of ketones is 1. The van der Waals surface area contributed by atoms with Gasteiger partial charge in [-0.15, -0.1) is 0 Å². The van der Waals surface area contributed by atoms with E-state index in [1.54, 1.807) is 19.1 Å². The first-order chi connectivity index (χ1) is 11.6. The van der Waals surface area contributed by atoms with Gasteiger partial charge in [0.2, 0.25) is 0 Å². The van der Waals surface area contributed by atoms with Crippen molar-refractivity contribution in [2.45, 2.75) is 23.6 Å². The summed E-state index contributed by atoms with van der Waals surface area (Å²) >= 11 is 0. The Hall–Kier alpha value is -2.45. The van der Waals surface area contributed by atoms with Gasteiger partial charge in [0.15, 0.2) is 5.78 Å². The van der Waals surface area contributed by atoms with E-state index in [-0.39, 0.29) is 19.3 Å². The highest BCUT2D eigenvalue weighted by atomic mass is 32.3. The molecular weight excluding hydrogens is 362 g/mol. The molecule has 0 atom stereocenters. The SMILES string of the molecule is C=CN(S(=O)(=O)c1ccc(C)cc1)S(=O)(=O)c1ccc(C(C)=O)cc1. The molecule has 0 aromatic heterocycles. The van der Waals surface area contributed by atoms with Gasteiger partial charge < -0.3 is 0 Å².